The standard InChI is InChI=1S/C26H22Cl3NO3/c27-19-8-4-17(5-9-19)14-30-24(32)21-2-1-3-22(29)23(21)26(30,18-6-10-20(28)11-7-18)33-16-25(15-31)12-13-25/h1-11,31H,12-16H2/t26-/m1/s1. The molecule has 3 aromatic carbocycles. The van der Waals surface area contributed by atoms with Gasteiger partial charge in [0.15, 0.2) is 5.72 Å². The van der Waals surface area contributed by atoms with E-state index in [0.29, 0.717) is 32.8 Å². The van der Waals surface area contributed by atoms with E-state index >= 15 is 0 Å². The van der Waals surface area contributed by atoms with Gasteiger partial charge in [0.2, 0.25) is 0 Å². The summed E-state index contributed by atoms with van der Waals surface area (Å²) >= 11 is 19.0. The van der Waals surface area contributed by atoms with E-state index < -0.39 is 5.72 Å². The molecule has 4 nitrogen and oxygen atoms in total. The van der Waals surface area contributed by atoms with Gasteiger partial charge in [-0.15, -0.1) is 0 Å². The van der Waals surface area contributed by atoms with Crippen molar-refractivity contribution >= 4 is 40.7 Å². The maximum Gasteiger partial charge on any atom is 0.257 e. The van der Waals surface area contributed by atoms with Gasteiger partial charge in [-0.25, -0.2) is 0 Å². The summed E-state index contributed by atoms with van der Waals surface area (Å²) in [4.78, 5) is 15.5. The van der Waals surface area contributed by atoms with Crippen molar-refractivity contribution in [3.8, 4) is 0 Å². The molecule has 0 spiro atoms. The van der Waals surface area contributed by atoms with Crippen LogP contribution in [0.1, 0.15) is 39.9 Å². The Kier molecular flexibility index (Phi) is 5.92. The average molecular weight is 503 g/mol. The highest BCUT2D eigenvalue weighted by Crippen LogP contribution is 2.52. The molecule has 1 saturated carbocycles. The number of hydrogen-bond donors (Lipinski definition) is 1. The summed E-state index contributed by atoms with van der Waals surface area (Å²) in [5.74, 6) is -0.175. The van der Waals surface area contributed by atoms with Crippen LogP contribution in [0.15, 0.2) is 66.7 Å². The zero-order valence-electron chi connectivity index (χ0n) is 17.7. The normalized spacial score (nSPS) is 20.7. The molecule has 33 heavy (non-hydrogen) atoms. The fourth-order valence-electron chi connectivity index (χ4n) is 4.42. The zero-order chi connectivity index (χ0) is 23.2. The Labute approximate surface area is 207 Å². The number of fused-ring (bicyclic) bond motifs is 1. The van der Waals surface area contributed by atoms with E-state index in [1.54, 1.807) is 47.4 Å². The third kappa shape index (κ3) is 3.94. The number of rotatable bonds is 7. The van der Waals surface area contributed by atoms with Gasteiger partial charge >= 0.3 is 0 Å². The molecule has 1 aliphatic carbocycles. The van der Waals surface area contributed by atoms with Crippen LogP contribution in [-0.2, 0) is 17.0 Å². The van der Waals surface area contributed by atoms with Gasteiger partial charge in [0, 0.05) is 43.7 Å². The van der Waals surface area contributed by atoms with Gasteiger partial charge in [0.05, 0.1) is 13.2 Å². The molecule has 0 radical (unpaired) electrons. The molecule has 1 fully saturated rings. The number of hydrogen-bond acceptors (Lipinski definition) is 3. The van der Waals surface area contributed by atoms with Crippen LogP contribution in [-0.4, -0.2) is 29.1 Å². The summed E-state index contributed by atoms with van der Waals surface area (Å²) in [5, 5.41) is 11.6. The molecule has 1 amide bonds. The molecule has 0 saturated heterocycles. The second-order valence-corrected chi connectivity index (χ2v) is 10.1. The molecule has 7 heteroatoms. The third-order valence-corrected chi connectivity index (χ3v) is 7.40. The predicted molar refractivity (Wildman–Crippen MR) is 130 cm³/mol. The molecular weight excluding hydrogens is 481 g/mol. The summed E-state index contributed by atoms with van der Waals surface area (Å²) in [6, 6.07) is 20.0. The van der Waals surface area contributed by atoms with Gasteiger partial charge in [0.1, 0.15) is 0 Å². The van der Waals surface area contributed by atoms with E-state index in [1.165, 1.54) is 0 Å². The minimum Gasteiger partial charge on any atom is -0.396 e. The summed E-state index contributed by atoms with van der Waals surface area (Å²) in [6.07, 6.45) is 1.75. The zero-order valence-corrected chi connectivity index (χ0v) is 20.0. The van der Waals surface area contributed by atoms with Crippen molar-refractivity contribution in [3.63, 3.8) is 0 Å². The SMILES string of the molecule is O=C1c2cccc(Cl)c2[C@](OCC2(CO)CC2)(c2ccc(Cl)cc2)N1Cc1ccc(Cl)cc1. The van der Waals surface area contributed by atoms with Crippen molar-refractivity contribution in [2.45, 2.75) is 25.1 Å². The molecule has 1 heterocycles. The molecule has 0 bridgehead atoms. The van der Waals surface area contributed by atoms with E-state index in [1.807, 2.05) is 24.3 Å². The molecule has 1 atom stereocenters. The first-order valence-corrected chi connectivity index (χ1v) is 11.9. The highest BCUT2D eigenvalue weighted by molar-refractivity contribution is 6.32. The number of carbonyl (C=O) groups is 1. The smallest absolute Gasteiger partial charge is 0.257 e. The monoisotopic (exact) mass is 501 g/mol. The van der Waals surface area contributed by atoms with E-state index in [-0.39, 0.29) is 24.5 Å². The van der Waals surface area contributed by atoms with Crippen LogP contribution in [0.5, 0.6) is 0 Å². The number of ether oxygens (including phenoxy) is 1. The lowest BCUT2D eigenvalue weighted by molar-refractivity contribution is -0.128. The summed E-state index contributed by atoms with van der Waals surface area (Å²) in [5.41, 5.74) is 1.21. The topological polar surface area (TPSA) is 49.8 Å². The Morgan fingerprint density at radius 2 is 1.55 bits per heavy atom. The van der Waals surface area contributed by atoms with Gasteiger partial charge in [0.25, 0.3) is 5.91 Å². The lowest BCUT2D eigenvalue weighted by atomic mass is 9.92. The van der Waals surface area contributed by atoms with Crippen molar-refractivity contribution in [1.29, 1.82) is 0 Å². The molecule has 3 aromatic rings. The van der Waals surface area contributed by atoms with Crippen molar-refractivity contribution in [2.24, 2.45) is 5.41 Å². The summed E-state index contributed by atoms with van der Waals surface area (Å²) in [6.45, 7) is 0.612. The fraction of sp³-hybridized carbons (Fsp3) is 0.269. The van der Waals surface area contributed by atoms with E-state index in [2.05, 4.69) is 0 Å². The van der Waals surface area contributed by atoms with Crippen molar-refractivity contribution in [1.82, 2.24) is 4.90 Å². The molecule has 2 aliphatic rings. The number of nitrogens with zero attached hydrogens (tertiary/aromatic N) is 1. The van der Waals surface area contributed by atoms with Crippen LogP contribution in [0.2, 0.25) is 15.1 Å². The molecule has 1 N–H and O–H groups in total. The average Bonchev–Trinajstić information content (AvgIpc) is 3.56. The maximum absolute atomic E-state index is 13.8. The lowest BCUT2D eigenvalue weighted by Crippen LogP contribution is -2.47. The van der Waals surface area contributed by atoms with E-state index in [0.717, 1.165) is 24.0 Å². The summed E-state index contributed by atoms with van der Waals surface area (Å²) in [7, 11) is 0. The highest BCUT2D eigenvalue weighted by Gasteiger charge is 2.55. The first kappa shape index (κ1) is 22.7. The summed E-state index contributed by atoms with van der Waals surface area (Å²) < 4.78 is 6.71. The molecule has 0 aromatic heterocycles. The third-order valence-electron chi connectivity index (χ3n) is 6.58. The minimum absolute atomic E-state index is 0.0320. The van der Waals surface area contributed by atoms with Crippen molar-refractivity contribution < 1.29 is 14.6 Å². The van der Waals surface area contributed by atoms with Gasteiger partial charge in [-0.05, 0) is 54.8 Å². The molecule has 1 aliphatic heterocycles. The Balaban J connectivity index is 1.69. The quantitative estimate of drug-likeness (QED) is 0.413. The maximum atomic E-state index is 13.8. The van der Waals surface area contributed by atoms with Crippen LogP contribution in [0.25, 0.3) is 0 Å². The van der Waals surface area contributed by atoms with Crippen molar-refractivity contribution in [3.05, 3.63) is 104 Å². The lowest BCUT2D eigenvalue weighted by Gasteiger charge is -2.40. The number of aliphatic hydroxyl groups is 1. The largest absolute Gasteiger partial charge is 0.396 e. The molecule has 0 unspecified atom stereocenters. The fourth-order valence-corrected chi connectivity index (χ4v) is 4.97. The van der Waals surface area contributed by atoms with Crippen LogP contribution < -0.4 is 0 Å². The second-order valence-electron chi connectivity index (χ2n) is 8.78. The number of halogens is 3. The Morgan fingerprint density at radius 1 is 0.909 bits per heavy atom. The van der Waals surface area contributed by atoms with E-state index in [9.17, 15) is 9.90 Å². The van der Waals surface area contributed by atoms with Gasteiger partial charge in [-0.2, -0.15) is 0 Å². The molecule has 5 rings (SSSR count). The highest BCUT2D eigenvalue weighted by atomic mass is 35.5. The van der Waals surface area contributed by atoms with Crippen LogP contribution in [0.3, 0.4) is 0 Å². The Morgan fingerprint density at radius 3 is 2.15 bits per heavy atom. The van der Waals surface area contributed by atoms with Gasteiger partial charge in [-0.1, -0.05) is 65.1 Å². The number of benzene rings is 3. The first-order valence-electron chi connectivity index (χ1n) is 10.7. The van der Waals surface area contributed by atoms with E-state index in [4.69, 9.17) is 39.5 Å². The first-order chi connectivity index (χ1) is 15.9. The van der Waals surface area contributed by atoms with Crippen LogP contribution in [0, 0.1) is 5.41 Å². The second kappa shape index (κ2) is 8.61. The number of amides is 1. The van der Waals surface area contributed by atoms with Gasteiger partial charge < -0.3 is 9.84 Å². The Bertz CT molecular complexity index is 1190. The van der Waals surface area contributed by atoms with Crippen LogP contribution >= 0.6 is 34.8 Å². The Hall–Kier alpha value is -2.08. The van der Waals surface area contributed by atoms with Gasteiger partial charge in [-0.3, -0.25) is 9.69 Å². The van der Waals surface area contributed by atoms with Crippen molar-refractivity contribution in [2.75, 3.05) is 13.2 Å². The molecular formula is C26H22Cl3NO3. The number of aliphatic hydroxyl groups excluding tert-OH is 1. The number of carbonyl (C=O) groups excluding carboxylic acids is 1. The molecule has 170 valence electrons. The minimum atomic E-state index is -1.26. The predicted octanol–water partition coefficient (Wildman–Crippen LogP) is 6.29. The van der Waals surface area contributed by atoms with Crippen LogP contribution in [0.4, 0.5) is 0 Å².